The molecular formula is C15H9BrO. The van der Waals surface area contributed by atoms with Crippen LogP contribution in [0.2, 0.25) is 0 Å². The van der Waals surface area contributed by atoms with Crippen LogP contribution in [0.3, 0.4) is 0 Å². The molecule has 2 heteroatoms. The molecule has 0 amide bonds. The molecule has 0 bridgehead atoms. The Balaban J connectivity index is 2.03. The summed E-state index contributed by atoms with van der Waals surface area (Å²) >= 11 is 3.39. The maximum Gasteiger partial charge on any atom is 0.195 e. The van der Waals surface area contributed by atoms with Crippen molar-refractivity contribution in [2.24, 2.45) is 0 Å². The largest absolute Gasteiger partial charge is 0.289 e. The van der Waals surface area contributed by atoms with E-state index in [0.29, 0.717) is 0 Å². The minimum absolute atomic E-state index is 0.165. The molecule has 0 N–H and O–H groups in total. The van der Waals surface area contributed by atoms with E-state index in [9.17, 15) is 4.79 Å². The zero-order chi connectivity index (χ0) is 11.8. The van der Waals surface area contributed by atoms with E-state index < -0.39 is 0 Å². The molecule has 0 aromatic heterocycles. The highest BCUT2D eigenvalue weighted by Gasteiger charge is 2.24. The summed E-state index contributed by atoms with van der Waals surface area (Å²) in [5.74, 6) is 0. The maximum atomic E-state index is 11.8. The third-order valence-electron chi connectivity index (χ3n) is 2.84. The summed E-state index contributed by atoms with van der Waals surface area (Å²) in [5.41, 5.74) is 3.88. The van der Waals surface area contributed by atoms with Crippen LogP contribution in [0.1, 0.15) is 0 Å². The second kappa shape index (κ2) is 3.97. The van der Waals surface area contributed by atoms with Gasteiger partial charge in [-0.1, -0.05) is 58.4 Å². The van der Waals surface area contributed by atoms with Gasteiger partial charge < -0.3 is 0 Å². The highest BCUT2D eigenvalue weighted by molar-refractivity contribution is 9.10. The van der Waals surface area contributed by atoms with E-state index >= 15 is 0 Å². The zero-order valence-electron chi connectivity index (χ0n) is 8.98. The number of hydrogen-bond donors (Lipinski definition) is 0. The normalized spacial score (nSPS) is 10.9. The molecule has 0 fully saturated rings. The first kappa shape index (κ1) is 10.5. The molecule has 0 aliphatic heterocycles. The Morgan fingerprint density at radius 2 is 1.24 bits per heavy atom. The fourth-order valence-corrected chi connectivity index (χ4v) is 2.21. The van der Waals surface area contributed by atoms with Gasteiger partial charge in [-0.15, -0.1) is 0 Å². The van der Waals surface area contributed by atoms with E-state index in [1.54, 1.807) is 0 Å². The Bertz CT molecular complexity index is 659. The average molecular weight is 285 g/mol. The Kier molecular flexibility index (Phi) is 2.45. The molecule has 3 rings (SSSR count). The van der Waals surface area contributed by atoms with Crippen LogP contribution in [-0.2, 0) is 0 Å². The number of halogens is 1. The van der Waals surface area contributed by atoms with Gasteiger partial charge in [0.25, 0.3) is 0 Å². The molecule has 0 radical (unpaired) electrons. The van der Waals surface area contributed by atoms with Crippen molar-refractivity contribution in [2.45, 2.75) is 0 Å². The predicted octanol–water partition coefficient (Wildman–Crippen LogP) is 4.02. The molecule has 0 unspecified atom stereocenters. The summed E-state index contributed by atoms with van der Waals surface area (Å²) in [7, 11) is 0. The SMILES string of the molecule is O=c1c(-c2ccccc2)c1-c1ccc(Br)cc1. The first-order valence-corrected chi connectivity index (χ1v) is 6.17. The van der Waals surface area contributed by atoms with Crippen LogP contribution in [0.4, 0.5) is 0 Å². The highest BCUT2D eigenvalue weighted by Crippen LogP contribution is 2.34. The summed E-state index contributed by atoms with van der Waals surface area (Å²) in [6.07, 6.45) is 0. The van der Waals surface area contributed by atoms with E-state index in [0.717, 1.165) is 26.7 Å². The lowest BCUT2D eigenvalue weighted by molar-refractivity contribution is 1.65. The van der Waals surface area contributed by atoms with E-state index in [2.05, 4.69) is 15.9 Å². The summed E-state index contributed by atoms with van der Waals surface area (Å²) in [4.78, 5) is 11.8. The molecule has 0 atom stereocenters. The van der Waals surface area contributed by atoms with Crippen LogP contribution in [0.15, 0.2) is 63.9 Å². The topological polar surface area (TPSA) is 17.1 Å². The average Bonchev–Trinajstić information content (AvgIpc) is 3.03. The van der Waals surface area contributed by atoms with E-state index in [1.165, 1.54) is 0 Å². The van der Waals surface area contributed by atoms with Gasteiger partial charge in [0.2, 0.25) is 0 Å². The van der Waals surface area contributed by atoms with Crippen LogP contribution in [-0.4, -0.2) is 0 Å². The first-order valence-electron chi connectivity index (χ1n) is 5.38. The van der Waals surface area contributed by atoms with Crippen molar-refractivity contribution in [3.05, 3.63) is 69.3 Å². The summed E-state index contributed by atoms with van der Waals surface area (Å²) < 4.78 is 1.02. The molecule has 1 nitrogen and oxygen atoms in total. The van der Waals surface area contributed by atoms with Gasteiger partial charge in [0, 0.05) is 15.6 Å². The minimum Gasteiger partial charge on any atom is -0.289 e. The molecule has 0 heterocycles. The number of benzene rings is 2. The van der Waals surface area contributed by atoms with Gasteiger partial charge >= 0.3 is 0 Å². The molecule has 17 heavy (non-hydrogen) atoms. The lowest BCUT2D eigenvalue weighted by Gasteiger charge is -1.94. The molecule has 0 spiro atoms. The second-order valence-corrected chi connectivity index (χ2v) is 4.87. The van der Waals surface area contributed by atoms with Crippen LogP contribution in [0.25, 0.3) is 22.3 Å². The number of rotatable bonds is 2. The lowest BCUT2D eigenvalue weighted by Crippen LogP contribution is -1.77. The van der Waals surface area contributed by atoms with Crippen molar-refractivity contribution in [1.82, 2.24) is 0 Å². The van der Waals surface area contributed by atoms with Gasteiger partial charge in [0.15, 0.2) is 5.43 Å². The Morgan fingerprint density at radius 1 is 0.706 bits per heavy atom. The van der Waals surface area contributed by atoms with Crippen molar-refractivity contribution in [3.63, 3.8) is 0 Å². The fraction of sp³-hybridized carbons (Fsp3) is 0. The van der Waals surface area contributed by atoms with Crippen LogP contribution < -0.4 is 5.43 Å². The molecule has 0 aliphatic carbocycles. The van der Waals surface area contributed by atoms with E-state index in [-0.39, 0.29) is 5.43 Å². The molecule has 0 saturated heterocycles. The Hall–Kier alpha value is -1.67. The van der Waals surface area contributed by atoms with Crippen LogP contribution in [0.5, 0.6) is 0 Å². The van der Waals surface area contributed by atoms with Gasteiger partial charge in [-0.3, -0.25) is 4.79 Å². The minimum atomic E-state index is 0.165. The molecule has 82 valence electrons. The number of hydrogen-bond acceptors (Lipinski definition) is 1. The second-order valence-electron chi connectivity index (χ2n) is 3.95. The summed E-state index contributed by atoms with van der Waals surface area (Å²) in [5, 5.41) is 0. The summed E-state index contributed by atoms with van der Waals surface area (Å²) in [6.45, 7) is 0. The van der Waals surface area contributed by atoms with Crippen LogP contribution >= 0.6 is 15.9 Å². The van der Waals surface area contributed by atoms with Gasteiger partial charge in [0.1, 0.15) is 0 Å². The molecule has 0 saturated carbocycles. The zero-order valence-corrected chi connectivity index (χ0v) is 10.6. The van der Waals surface area contributed by atoms with Gasteiger partial charge in [-0.05, 0) is 23.3 Å². The third kappa shape index (κ3) is 1.85. The van der Waals surface area contributed by atoms with Crippen molar-refractivity contribution >= 4 is 15.9 Å². The van der Waals surface area contributed by atoms with Gasteiger partial charge in [-0.25, -0.2) is 0 Å². The maximum absolute atomic E-state index is 11.8. The van der Waals surface area contributed by atoms with Gasteiger partial charge in [-0.2, -0.15) is 0 Å². The standard InChI is InChI=1S/C15H9BrO/c16-12-8-6-11(7-9-12)14-13(15(14)17)10-4-2-1-3-5-10/h1-9H. The highest BCUT2D eigenvalue weighted by atomic mass is 79.9. The van der Waals surface area contributed by atoms with Crippen molar-refractivity contribution in [3.8, 4) is 22.3 Å². The summed E-state index contributed by atoms with van der Waals surface area (Å²) in [6, 6.07) is 17.6. The van der Waals surface area contributed by atoms with E-state index in [1.807, 2.05) is 54.6 Å². The smallest absolute Gasteiger partial charge is 0.195 e. The Labute approximate surface area is 108 Å². The van der Waals surface area contributed by atoms with Crippen molar-refractivity contribution < 1.29 is 0 Å². The third-order valence-corrected chi connectivity index (χ3v) is 3.37. The predicted molar refractivity (Wildman–Crippen MR) is 73.7 cm³/mol. The van der Waals surface area contributed by atoms with Crippen LogP contribution in [0, 0.1) is 0 Å². The van der Waals surface area contributed by atoms with Crippen molar-refractivity contribution in [1.29, 1.82) is 0 Å². The molecule has 3 aromatic carbocycles. The monoisotopic (exact) mass is 284 g/mol. The van der Waals surface area contributed by atoms with E-state index in [4.69, 9.17) is 0 Å². The fourth-order valence-electron chi connectivity index (χ4n) is 1.94. The molecule has 3 aromatic rings. The molecule has 0 aliphatic rings. The first-order chi connectivity index (χ1) is 8.27. The Morgan fingerprint density at radius 3 is 1.82 bits per heavy atom. The molecular weight excluding hydrogens is 276 g/mol. The quantitative estimate of drug-likeness (QED) is 0.695. The lowest BCUT2D eigenvalue weighted by atomic mass is 10.1. The van der Waals surface area contributed by atoms with Crippen molar-refractivity contribution in [2.75, 3.05) is 0 Å². The van der Waals surface area contributed by atoms with Gasteiger partial charge in [0.05, 0.1) is 0 Å².